The Morgan fingerprint density at radius 2 is 2.36 bits per heavy atom. The van der Waals surface area contributed by atoms with E-state index in [1.54, 1.807) is 25.1 Å². The molecule has 0 aliphatic carbocycles. The number of hydrogen-bond acceptors (Lipinski definition) is 4. The molecule has 0 spiro atoms. The maximum absolute atomic E-state index is 10.8. The molecule has 0 aliphatic rings. The third kappa shape index (κ3) is 2.62. The quantitative estimate of drug-likeness (QED) is 0.728. The van der Waals surface area contributed by atoms with Crippen LogP contribution in [0.25, 0.3) is 0 Å². The van der Waals surface area contributed by atoms with Gasteiger partial charge in [0.2, 0.25) is 11.8 Å². The molecule has 0 aliphatic heterocycles. The van der Waals surface area contributed by atoms with Crippen LogP contribution >= 0.6 is 0 Å². The van der Waals surface area contributed by atoms with Crippen LogP contribution in [0, 0.1) is 0 Å². The summed E-state index contributed by atoms with van der Waals surface area (Å²) in [4.78, 5) is 14.8. The van der Waals surface area contributed by atoms with Gasteiger partial charge in [-0.2, -0.15) is 4.98 Å². The normalized spacial score (nSPS) is 11.9. The van der Waals surface area contributed by atoms with Gasteiger partial charge in [-0.3, -0.25) is 4.79 Å². The third-order valence-corrected chi connectivity index (χ3v) is 1.72. The minimum Gasteiger partial charge on any atom is -0.481 e. The maximum atomic E-state index is 10.8. The minimum absolute atomic E-state index is 0.422. The van der Waals surface area contributed by atoms with Crippen molar-refractivity contribution in [3.8, 4) is 5.88 Å². The summed E-state index contributed by atoms with van der Waals surface area (Å²) < 4.78 is 4.93. The molecule has 1 unspecified atom stereocenters. The molecule has 5 nitrogen and oxygen atoms in total. The SMILES string of the molecule is COc1cccc(NC(C)C(N)=O)n1. The van der Waals surface area contributed by atoms with Gasteiger partial charge < -0.3 is 15.8 Å². The van der Waals surface area contributed by atoms with Crippen molar-refractivity contribution in [2.45, 2.75) is 13.0 Å². The largest absolute Gasteiger partial charge is 0.481 e. The lowest BCUT2D eigenvalue weighted by Crippen LogP contribution is -2.32. The predicted molar refractivity (Wildman–Crippen MR) is 53.1 cm³/mol. The van der Waals surface area contributed by atoms with E-state index in [4.69, 9.17) is 10.5 Å². The maximum Gasteiger partial charge on any atom is 0.239 e. The van der Waals surface area contributed by atoms with Crippen molar-refractivity contribution in [2.75, 3.05) is 12.4 Å². The van der Waals surface area contributed by atoms with Crippen LogP contribution in [0.1, 0.15) is 6.92 Å². The molecule has 14 heavy (non-hydrogen) atoms. The molecule has 3 N–H and O–H groups in total. The monoisotopic (exact) mass is 195 g/mol. The number of nitrogens with two attached hydrogens (primary N) is 1. The fourth-order valence-corrected chi connectivity index (χ4v) is 0.902. The minimum atomic E-state index is -0.449. The van der Waals surface area contributed by atoms with Crippen LogP contribution in [0.3, 0.4) is 0 Å². The number of carbonyl (C=O) groups is 1. The first-order valence-electron chi connectivity index (χ1n) is 4.20. The standard InChI is InChI=1S/C9H13N3O2/c1-6(9(10)13)11-7-4-3-5-8(12-7)14-2/h3-6H,1-2H3,(H2,10,13)(H,11,12). The van der Waals surface area contributed by atoms with Crippen molar-refractivity contribution in [3.05, 3.63) is 18.2 Å². The van der Waals surface area contributed by atoms with Crippen molar-refractivity contribution in [2.24, 2.45) is 5.73 Å². The summed E-state index contributed by atoms with van der Waals surface area (Å²) in [5.41, 5.74) is 5.09. The van der Waals surface area contributed by atoms with Crippen molar-refractivity contribution in [1.82, 2.24) is 4.98 Å². The first-order valence-corrected chi connectivity index (χ1v) is 4.20. The molecule has 1 amide bonds. The number of pyridine rings is 1. The Morgan fingerprint density at radius 3 is 2.93 bits per heavy atom. The Kier molecular flexibility index (Phi) is 3.28. The Bertz CT molecular complexity index is 328. The van der Waals surface area contributed by atoms with Crippen LogP contribution in [-0.4, -0.2) is 24.0 Å². The molecular formula is C9H13N3O2. The summed E-state index contributed by atoms with van der Waals surface area (Å²) in [5.74, 6) is 0.636. The second-order valence-electron chi connectivity index (χ2n) is 2.83. The number of methoxy groups -OCH3 is 1. The van der Waals surface area contributed by atoms with E-state index >= 15 is 0 Å². The van der Waals surface area contributed by atoms with Crippen molar-refractivity contribution >= 4 is 11.7 Å². The Hall–Kier alpha value is -1.78. The molecule has 1 aromatic heterocycles. The number of anilines is 1. The van der Waals surface area contributed by atoms with Gasteiger partial charge in [0.15, 0.2) is 0 Å². The van der Waals surface area contributed by atoms with E-state index in [0.717, 1.165) is 0 Å². The predicted octanol–water partition coefficient (Wildman–Crippen LogP) is 0.376. The summed E-state index contributed by atoms with van der Waals surface area (Å²) in [6, 6.07) is 4.79. The summed E-state index contributed by atoms with van der Waals surface area (Å²) in [6.07, 6.45) is 0. The van der Waals surface area contributed by atoms with Gasteiger partial charge in [-0.25, -0.2) is 0 Å². The highest BCUT2D eigenvalue weighted by Crippen LogP contribution is 2.11. The van der Waals surface area contributed by atoms with E-state index in [9.17, 15) is 4.79 Å². The van der Waals surface area contributed by atoms with Gasteiger partial charge in [-0.15, -0.1) is 0 Å². The van der Waals surface area contributed by atoms with E-state index in [1.807, 2.05) is 0 Å². The Labute approximate surface area is 82.3 Å². The number of hydrogen-bond donors (Lipinski definition) is 2. The lowest BCUT2D eigenvalue weighted by Gasteiger charge is -2.10. The molecule has 0 fully saturated rings. The van der Waals surface area contributed by atoms with Crippen LogP contribution in [0.5, 0.6) is 5.88 Å². The molecule has 1 heterocycles. The number of aromatic nitrogens is 1. The third-order valence-electron chi connectivity index (χ3n) is 1.72. The van der Waals surface area contributed by atoms with Gasteiger partial charge in [0.25, 0.3) is 0 Å². The average molecular weight is 195 g/mol. The van der Waals surface area contributed by atoms with Crippen LogP contribution in [-0.2, 0) is 4.79 Å². The second-order valence-corrected chi connectivity index (χ2v) is 2.83. The number of rotatable bonds is 4. The zero-order valence-electron chi connectivity index (χ0n) is 8.15. The number of nitrogens with zero attached hydrogens (tertiary/aromatic N) is 1. The smallest absolute Gasteiger partial charge is 0.239 e. The molecule has 0 saturated heterocycles. The van der Waals surface area contributed by atoms with Gasteiger partial charge >= 0.3 is 0 Å². The van der Waals surface area contributed by atoms with Crippen LogP contribution in [0.2, 0.25) is 0 Å². The van der Waals surface area contributed by atoms with Crippen LogP contribution in [0.15, 0.2) is 18.2 Å². The summed E-state index contributed by atoms with van der Waals surface area (Å²) >= 11 is 0. The summed E-state index contributed by atoms with van der Waals surface area (Å²) in [5, 5.41) is 2.85. The molecule has 1 atom stereocenters. The van der Waals surface area contributed by atoms with E-state index in [2.05, 4.69) is 10.3 Å². The molecule has 0 radical (unpaired) electrons. The van der Waals surface area contributed by atoms with Crippen molar-refractivity contribution in [3.63, 3.8) is 0 Å². The number of primary amides is 1. The zero-order valence-corrected chi connectivity index (χ0v) is 8.15. The van der Waals surface area contributed by atoms with Gasteiger partial charge in [-0.1, -0.05) is 6.07 Å². The first-order chi connectivity index (χ1) is 6.63. The van der Waals surface area contributed by atoms with Crippen molar-refractivity contribution < 1.29 is 9.53 Å². The first kappa shape index (κ1) is 10.3. The molecule has 1 rings (SSSR count). The number of ether oxygens (including phenoxy) is 1. The topological polar surface area (TPSA) is 77.2 Å². The van der Waals surface area contributed by atoms with E-state index in [0.29, 0.717) is 11.7 Å². The molecule has 1 aromatic rings. The number of carbonyl (C=O) groups excluding carboxylic acids is 1. The second kappa shape index (κ2) is 4.45. The highest BCUT2D eigenvalue weighted by molar-refractivity contribution is 5.82. The number of nitrogens with one attached hydrogen (secondary N) is 1. The molecule has 0 bridgehead atoms. The summed E-state index contributed by atoms with van der Waals surface area (Å²) in [6.45, 7) is 1.67. The van der Waals surface area contributed by atoms with Crippen LogP contribution in [0.4, 0.5) is 5.82 Å². The van der Waals surface area contributed by atoms with E-state index in [1.165, 1.54) is 7.11 Å². The fraction of sp³-hybridized carbons (Fsp3) is 0.333. The molecule has 5 heteroatoms. The lowest BCUT2D eigenvalue weighted by molar-refractivity contribution is -0.118. The van der Waals surface area contributed by atoms with Gasteiger partial charge in [0, 0.05) is 6.07 Å². The Morgan fingerprint density at radius 1 is 1.64 bits per heavy atom. The lowest BCUT2D eigenvalue weighted by atomic mass is 10.3. The number of amides is 1. The molecule has 0 aromatic carbocycles. The molecular weight excluding hydrogens is 182 g/mol. The zero-order chi connectivity index (χ0) is 10.6. The average Bonchev–Trinajstić information content (AvgIpc) is 2.18. The van der Waals surface area contributed by atoms with E-state index < -0.39 is 11.9 Å². The van der Waals surface area contributed by atoms with Gasteiger partial charge in [-0.05, 0) is 13.0 Å². The molecule has 0 saturated carbocycles. The van der Waals surface area contributed by atoms with E-state index in [-0.39, 0.29) is 0 Å². The van der Waals surface area contributed by atoms with Gasteiger partial charge in [0.05, 0.1) is 7.11 Å². The Balaban J connectivity index is 2.71. The summed E-state index contributed by atoms with van der Waals surface area (Å²) in [7, 11) is 1.53. The highest BCUT2D eigenvalue weighted by atomic mass is 16.5. The molecule has 76 valence electrons. The highest BCUT2D eigenvalue weighted by Gasteiger charge is 2.08. The van der Waals surface area contributed by atoms with Gasteiger partial charge in [0.1, 0.15) is 11.9 Å². The van der Waals surface area contributed by atoms with Crippen molar-refractivity contribution in [1.29, 1.82) is 0 Å². The fourth-order valence-electron chi connectivity index (χ4n) is 0.902. The van der Waals surface area contributed by atoms with Crippen LogP contribution < -0.4 is 15.8 Å².